The highest BCUT2D eigenvalue weighted by atomic mass is 35.5. The van der Waals surface area contributed by atoms with Gasteiger partial charge in [-0.15, -0.1) is 0 Å². The number of carbonyl (C=O) groups is 2. The summed E-state index contributed by atoms with van der Waals surface area (Å²) in [5.41, 5.74) is 3.85. The fraction of sp³-hybridized carbons (Fsp3) is 0.333. The molecule has 0 aromatic heterocycles. The van der Waals surface area contributed by atoms with Crippen LogP contribution in [0.3, 0.4) is 0 Å². The van der Waals surface area contributed by atoms with Gasteiger partial charge in [0.05, 0.1) is 0 Å². The lowest BCUT2D eigenvalue weighted by molar-refractivity contribution is -0.119. The lowest BCUT2D eigenvalue weighted by Gasteiger charge is -2.17. The Bertz CT molecular complexity index is 844. The van der Waals surface area contributed by atoms with E-state index in [0.29, 0.717) is 17.1 Å². The third-order valence-electron chi connectivity index (χ3n) is 5.04. The van der Waals surface area contributed by atoms with Gasteiger partial charge >= 0.3 is 0 Å². The predicted octanol–water partition coefficient (Wildman–Crippen LogP) is 3.61. The number of hydrogen-bond donors (Lipinski definition) is 1. The summed E-state index contributed by atoms with van der Waals surface area (Å²) >= 11 is 5.88. The first-order valence-electron chi connectivity index (χ1n) is 9.09. The quantitative estimate of drug-likeness (QED) is 0.876. The van der Waals surface area contributed by atoms with Gasteiger partial charge in [0.15, 0.2) is 0 Å². The molecular weight excluding hydrogens is 348 g/mol. The van der Waals surface area contributed by atoms with Gasteiger partial charge in [-0.05, 0) is 67.1 Å². The summed E-state index contributed by atoms with van der Waals surface area (Å²) in [6, 6.07) is 13.3. The molecule has 5 heteroatoms. The second kappa shape index (κ2) is 7.12. The maximum absolute atomic E-state index is 12.4. The molecule has 1 fully saturated rings. The highest BCUT2D eigenvalue weighted by Crippen LogP contribution is 2.36. The van der Waals surface area contributed by atoms with E-state index in [2.05, 4.69) is 5.32 Å². The molecule has 134 valence electrons. The van der Waals surface area contributed by atoms with Crippen LogP contribution in [0.15, 0.2) is 42.5 Å². The van der Waals surface area contributed by atoms with E-state index in [1.54, 1.807) is 0 Å². The van der Waals surface area contributed by atoms with Crippen molar-refractivity contribution < 1.29 is 9.59 Å². The molecule has 0 unspecified atom stereocenters. The van der Waals surface area contributed by atoms with Crippen LogP contribution < -0.4 is 10.2 Å². The number of anilines is 1. The zero-order valence-corrected chi connectivity index (χ0v) is 15.3. The first-order chi connectivity index (χ1) is 12.6. The topological polar surface area (TPSA) is 49.4 Å². The molecule has 2 amide bonds. The number of carbonyl (C=O) groups excluding carboxylic acids is 2. The normalized spacial score (nSPS) is 15.7. The summed E-state index contributed by atoms with van der Waals surface area (Å²) in [5.74, 6) is 0.384. The van der Waals surface area contributed by atoms with E-state index >= 15 is 0 Å². The number of benzene rings is 2. The molecular formula is C21H21ClN2O2. The molecule has 0 atom stereocenters. The number of nitrogens with zero attached hydrogens (tertiary/aromatic N) is 1. The zero-order valence-electron chi connectivity index (χ0n) is 14.5. The Morgan fingerprint density at radius 3 is 2.62 bits per heavy atom. The highest BCUT2D eigenvalue weighted by molar-refractivity contribution is 6.30. The van der Waals surface area contributed by atoms with Crippen LogP contribution in [0, 0.1) is 5.92 Å². The van der Waals surface area contributed by atoms with Crippen molar-refractivity contribution in [2.75, 3.05) is 18.0 Å². The monoisotopic (exact) mass is 368 g/mol. The van der Waals surface area contributed by atoms with Crippen LogP contribution in [-0.2, 0) is 17.6 Å². The standard InChI is InChI=1S/C21H21ClN2O2/c22-18-6-1-14(2-7-18)9-11-23-20(25)17-5-8-19-16(13-17)10-12-24(19)21(26)15-3-4-15/h1-2,5-8,13,15H,3-4,9-12H2,(H,23,25). The van der Waals surface area contributed by atoms with Crippen LogP contribution >= 0.6 is 11.6 Å². The number of hydrogen-bond acceptors (Lipinski definition) is 2. The molecule has 2 aromatic rings. The summed E-state index contributed by atoms with van der Waals surface area (Å²) in [5, 5.41) is 3.68. The molecule has 1 saturated carbocycles. The minimum absolute atomic E-state index is 0.0752. The summed E-state index contributed by atoms with van der Waals surface area (Å²) in [7, 11) is 0. The number of amides is 2. The molecule has 1 heterocycles. The molecule has 0 saturated heterocycles. The Morgan fingerprint density at radius 1 is 1.12 bits per heavy atom. The smallest absolute Gasteiger partial charge is 0.251 e. The SMILES string of the molecule is O=C(NCCc1ccc(Cl)cc1)c1ccc2c(c1)CCN2C(=O)C1CC1. The third kappa shape index (κ3) is 3.61. The van der Waals surface area contributed by atoms with E-state index < -0.39 is 0 Å². The molecule has 4 nitrogen and oxygen atoms in total. The molecule has 0 spiro atoms. The molecule has 2 aliphatic rings. The maximum atomic E-state index is 12.4. The van der Waals surface area contributed by atoms with Crippen molar-refractivity contribution in [3.05, 3.63) is 64.2 Å². The number of fused-ring (bicyclic) bond motifs is 1. The van der Waals surface area contributed by atoms with E-state index in [0.717, 1.165) is 49.0 Å². The first kappa shape index (κ1) is 17.1. The van der Waals surface area contributed by atoms with Gasteiger partial charge in [-0.2, -0.15) is 0 Å². The molecule has 1 aliphatic heterocycles. The molecule has 26 heavy (non-hydrogen) atoms. The van der Waals surface area contributed by atoms with Crippen molar-refractivity contribution in [3.8, 4) is 0 Å². The van der Waals surface area contributed by atoms with Crippen molar-refractivity contribution in [1.29, 1.82) is 0 Å². The van der Waals surface area contributed by atoms with Crippen molar-refractivity contribution in [2.45, 2.75) is 25.7 Å². The Balaban J connectivity index is 1.36. The average Bonchev–Trinajstić information content (AvgIpc) is 3.42. The lowest BCUT2D eigenvalue weighted by atomic mass is 10.1. The summed E-state index contributed by atoms with van der Waals surface area (Å²) < 4.78 is 0. The first-order valence-corrected chi connectivity index (χ1v) is 9.46. The van der Waals surface area contributed by atoms with Gasteiger partial charge in [0, 0.05) is 35.3 Å². The summed E-state index contributed by atoms with van der Waals surface area (Å²) in [6.45, 7) is 1.30. The number of halogens is 1. The van der Waals surface area contributed by atoms with Gasteiger partial charge in [-0.1, -0.05) is 23.7 Å². The Hall–Kier alpha value is -2.33. The van der Waals surface area contributed by atoms with Gasteiger partial charge in [0.1, 0.15) is 0 Å². The minimum atomic E-state index is -0.0752. The second-order valence-electron chi connectivity index (χ2n) is 6.99. The van der Waals surface area contributed by atoms with Crippen molar-refractivity contribution in [3.63, 3.8) is 0 Å². The van der Waals surface area contributed by atoms with Crippen LogP contribution in [0.4, 0.5) is 5.69 Å². The Morgan fingerprint density at radius 2 is 1.88 bits per heavy atom. The molecule has 4 rings (SSSR count). The molecule has 0 radical (unpaired) electrons. The van der Waals surface area contributed by atoms with Crippen molar-refractivity contribution >= 4 is 29.1 Å². The van der Waals surface area contributed by atoms with E-state index in [9.17, 15) is 9.59 Å². The fourth-order valence-electron chi connectivity index (χ4n) is 3.40. The van der Waals surface area contributed by atoms with Crippen molar-refractivity contribution in [2.24, 2.45) is 5.92 Å². The number of rotatable bonds is 5. The van der Waals surface area contributed by atoms with Crippen LogP contribution in [-0.4, -0.2) is 24.9 Å². The van der Waals surface area contributed by atoms with E-state index in [-0.39, 0.29) is 17.7 Å². The maximum Gasteiger partial charge on any atom is 0.251 e. The molecule has 2 aromatic carbocycles. The average molecular weight is 369 g/mol. The largest absolute Gasteiger partial charge is 0.352 e. The Labute approximate surface area is 158 Å². The van der Waals surface area contributed by atoms with Crippen LogP contribution in [0.25, 0.3) is 0 Å². The van der Waals surface area contributed by atoms with Gasteiger partial charge in [-0.25, -0.2) is 0 Å². The third-order valence-corrected chi connectivity index (χ3v) is 5.29. The van der Waals surface area contributed by atoms with Gasteiger partial charge < -0.3 is 10.2 Å². The molecule has 0 bridgehead atoms. The predicted molar refractivity (Wildman–Crippen MR) is 103 cm³/mol. The van der Waals surface area contributed by atoms with E-state index in [1.807, 2.05) is 47.4 Å². The summed E-state index contributed by atoms with van der Waals surface area (Å²) in [4.78, 5) is 26.6. The van der Waals surface area contributed by atoms with E-state index in [4.69, 9.17) is 11.6 Å². The van der Waals surface area contributed by atoms with Gasteiger partial charge in [-0.3, -0.25) is 9.59 Å². The van der Waals surface area contributed by atoms with Crippen LogP contribution in [0.2, 0.25) is 5.02 Å². The Kier molecular flexibility index (Phi) is 4.68. The van der Waals surface area contributed by atoms with Gasteiger partial charge in [0.25, 0.3) is 5.91 Å². The van der Waals surface area contributed by atoms with E-state index in [1.165, 1.54) is 0 Å². The fourth-order valence-corrected chi connectivity index (χ4v) is 3.52. The van der Waals surface area contributed by atoms with Gasteiger partial charge in [0.2, 0.25) is 5.91 Å². The summed E-state index contributed by atoms with van der Waals surface area (Å²) in [6.07, 6.45) is 3.61. The molecule has 1 aliphatic carbocycles. The minimum Gasteiger partial charge on any atom is -0.352 e. The van der Waals surface area contributed by atoms with Crippen LogP contribution in [0.5, 0.6) is 0 Å². The van der Waals surface area contributed by atoms with Crippen LogP contribution in [0.1, 0.15) is 34.3 Å². The highest BCUT2D eigenvalue weighted by Gasteiger charge is 2.36. The van der Waals surface area contributed by atoms with Crippen molar-refractivity contribution in [1.82, 2.24) is 5.32 Å². The molecule has 1 N–H and O–H groups in total. The second-order valence-corrected chi connectivity index (χ2v) is 7.43. The lowest BCUT2D eigenvalue weighted by Crippen LogP contribution is -2.30. The number of nitrogens with one attached hydrogen (secondary N) is 1. The zero-order chi connectivity index (χ0) is 18.1.